The molecule has 0 radical (unpaired) electrons. The average molecular weight is 435 g/mol. The lowest BCUT2D eigenvalue weighted by Crippen LogP contribution is -2.38. The van der Waals surface area contributed by atoms with Crippen molar-refractivity contribution in [1.82, 2.24) is 14.7 Å². The minimum absolute atomic E-state index is 0.0175. The summed E-state index contributed by atoms with van der Waals surface area (Å²) in [5, 5.41) is 7.27. The van der Waals surface area contributed by atoms with E-state index in [-0.39, 0.29) is 24.3 Å². The van der Waals surface area contributed by atoms with Gasteiger partial charge in [0, 0.05) is 35.9 Å². The third-order valence-electron chi connectivity index (χ3n) is 4.81. The fraction of sp³-hybridized carbons (Fsp3) is 0.450. The average Bonchev–Trinajstić information content (AvgIpc) is 2.82. The molecule has 0 bridgehead atoms. The number of aromatic nitrogens is 2. The van der Waals surface area contributed by atoms with Crippen molar-refractivity contribution in [1.29, 1.82) is 0 Å². The van der Waals surface area contributed by atoms with E-state index in [4.69, 9.17) is 0 Å². The number of aryl methyl sites for hydroxylation is 3. The van der Waals surface area contributed by atoms with E-state index in [9.17, 15) is 9.59 Å². The molecule has 27 heavy (non-hydrogen) atoms. The third kappa shape index (κ3) is 5.19. The summed E-state index contributed by atoms with van der Waals surface area (Å²) in [6.45, 7) is 7.79. The van der Waals surface area contributed by atoms with E-state index in [0.29, 0.717) is 6.42 Å². The Hall–Kier alpha value is -2.15. The molecule has 6 nitrogen and oxygen atoms in total. The SMILES string of the molecule is Cc1cc(Br)ccc1NC(=O)CN(C)C(=O)C(C)Cc1c(C)nn(C)c1C. The Morgan fingerprint density at radius 3 is 2.52 bits per heavy atom. The molecule has 1 heterocycles. The smallest absolute Gasteiger partial charge is 0.243 e. The molecule has 7 heteroatoms. The van der Waals surface area contributed by atoms with Crippen LogP contribution in [0.5, 0.6) is 0 Å². The number of benzene rings is 1. The molecule has 1 aromatic carbocycles. The molecule has 2 aromatic rings. The molecule has 0 spiro atoms. The lowest BCUT2D eigenvalue weighted by atomic mass is 9.98. The standard InChI is InChI=1S/C20H27BrN4O2/c1-12-9-16(21)7-8-18(12)22-19(26)11-24(5)20(27)13(2)10-17-14(3)23-25(6)15(17)4/h7-9,13H,10-11H2,1-6H3,(H,22,26). The van der Waals surface area contributed by atoms with E-state index in [1.54, 1.807) is 7.05 Å². The number of likely N-dealkylation sites (N-methyl/N-ethyl adjacent to an activating group) is 1. The minimum atomic E-state index is -0.223. The first-order chi connectivity index (χ1) is 12.6. The number of carbonyl (C=O) groups is 2. The summed E-state index contributed by atoms with van der Waals surface area (Å²) in [5.41, 5.74) is 4.82. The predicted octanol–water partition coefficient (Wildman–Crippen LogP) is 3.38. The van der Waals surface area contributed by atoms with Gasteiger partial charge in [-0.1, -0.05) is 22.9 Å². The molecule has 0 saturated heterocycles. The van der Waals surface area contributed by atoms with Gasteiger partial charge in [0.05, 0.1) is 12.2 Å². The number of halogens is 1. The van der Waals surface area contributed by atoms with Gasteiger partial charge in [-0.25, -0.2) is 0 Å². The minimum Gasteiger partial charge on any atom is -0.336 e. The van der Waals surface area contributed by atoms with E-state index in [0.717, 1.165) is 32.7 Å². The molecule has 1 atom stereocenters. The Labute approximate surface area is 169 Å². The van der Waals surface area contributed by atoms with Crippen molar-refractivity contribution < 1.29 is 9.59 Å². The largest absolute Gasteiger partial charge is 0.336 e. The zero-order valence-electron chi connectivity index (χ0n) is 16.8. The van der Waals surface area contributed by atoms with Crippen LogP contribution in [-0.4, -0.2) is 40.1 Å². The highest BCUT2D eigenvalue weighted by atomic mass is 79.9. The number of hydrogen-bond acceptors (Lipinski definition) is 3. The molecule has 2 rings (SSSR count). The fourth-order valence-corrected chi connectivity index (χ4v) is 3.61. The van der Waals surface area contributed by atoms with Crippen LogP contribution in [0, 0.1) is 26.7 Å². The van der Waals surface area contributed by atoms with E-state index < -0.39 is 0 Å². The van der Waals surface area contributed by atoms with Crippen LogP contribution in [0.4, 0.5) is 5.69 Å². The second kappa shape index (κ2) is 8.69. The highest BCUT2D eigenvalue weighted by Crippen LogP contribution is 2.20. The van der Waals surface area contributed by atoms with Gasteiger partial charge in [-0.05, 0) is 56.5 Å². The van der Waals surface area contributed by atoms with Gasteiger partial charge in [0.15, 0.2) is 0 Å². The second-order valence-electron chi connectivity index (χ2n) is 7.08. The zero-order chi connectivity index (χ0) is 20.3. The second-order valence-corrected chi connectivity index (χ2v) is 8.00. The van der Waals surface area contributed by atoms with Gasteiger partial charge in [0.2, 0.25) is 11.8 Å². The van der Waals surface area contributed by atoms with Gasteiger partial charge in [0.1, 0.15) is 0 Å². The van der Waals surface area contributed by atoms with E-state index >= 15 is 0 Å². The molecule has 1 aromatic heterocycles. The summed E-state index contributed by atoms with van der Waals surface area (Å²) in [6.07, 6.45) is 0.613. The number of nitrogens with zero attached hydrogens (tertiary/aromatic N) is 3. The Bertz CT molecular complexity index is 860. The summed E-state index contributed by atoms with van der Waals surface area (Å²) in [7, 11) is 3.56. The van der Waals surface area contributed by atoms with Crippen molar-refractivity contribution in [3.05, 3.63) is 45.2 Å². The number of rotatable bonds is 6. The van der Waals surface area contributed by atoms with Crippen LogP contribution in [0.3, 0.4) is 0 Å². The maximum absolute atomic E-state index is 12.7. The van der Waals surface area contributed by atoms with Crippen molar-refractivity contribution >= 4 is 33.4 Å². The fourth-order valence-electron chi connectivity index (χ4n) is 3.13. The monoisotopic (exact) mass is 434 g/mol. The number of amides is 2. The maximum atomic E-state index is 12.7. The highest BCUT2D eigenvalue weighted by molar-refractivity contribution is 9.10. The Balaban J connectivity index is 1.96. The third-order valence-corrected chi connectivity index (χ3v) is 5.30. The molecule has 0 aliphatic carbocycles. The maximum Gasteiger partial charge on any atom is 0.243 e. The molecule has 0 saturated carbocycles. The van der Waals surface area contributed by atoms with Crippen LogP contribution in [0.25, 0.3) is 0 Å². The summed E-state index contributed by atoms with van der Waals surface area (Å²) >= 11 is 3.40. The number of nitrogens with one attached hydrogen (secondary N) is 1. The topological polar surface area (TPSA) is 67.2 Å². The van der Waals surface area contributed by atoms with E-state index in [1.165, 1.54) is 4.90 Å². The summed E-state index contributed by atoms with van der Waals surface area (Å²) in [5.74, 6) is -0.489. The van der Waals surface area contributed by atoms with Crippen LogP contribution >= 0.6 is 15.9 Å². The lowest BCUT2D eigenvalue weighted by molar-refractivity contribution is -0.136. The molecule has 0 aliphatic heterocycles. The number of carbonyl (C=O) groups excluding carboxylic acids is 2. The van der Waals surface area contributed by atoms with Crippen LogP contribution in [0.1, 0.15) is 29.4 Å². The van der Waals surface area contributed by atoms with Crippen LogP contribution in [0.2, 0.25) is 0 Å². The molecule has 0 fully saturated rings. The first-order valence-corrected chi connectivity index (χ1v) is 9.69. The van der Waals surface area contributed by atoms with Gasteiger partial charge in [-0.3, -0.25) is 14.3 Å². The van der Waals surface area contributed by atoms with Crippen LogP contribution in [-0.2, 0) is 23.1 Å². The first kappa shape index (κ1) is 21.2. The quantitative estimate of drug-likeness (QED) is 0.757. The Morgan fingerprint density at radius 2 is 1.96 bits per heavy atom. The van der Waals surface area contributed by atoms with Crippen molar-refractivity contribution in [2.75, 3.05) is 18.9 Å². The first-order valence-electron chi connectivity index (χ1n) is 8.90. The van der Waals surface area contributed by atoms with Crippen molar-refractivity contribution in [2.24, 2.45) is 13.0 Å². The van der Waals surface area contributed by atoms with E-state index in [2.05, 4.69) is 26.3 Å². The molecule has 0 aliphatic rings. The highest BCUT2D eigenvalue weighted by Gasteiger charge is 2.22. The van der Waals surface area contributed by atoms with Gasteiger partial charge in [-0.2, -0.15) is 5.10 Å². The van der Waals surface area contributed by atoms with Crippen molar-refractivity contribution in [3.63, 3.8) is 0 Å². The summed E-state index contributed by atoms with van der Waals surface area (Å²) < 4.78 is 2.79. The normalized spacial score (nSPS) is 12.0. The van der Waals surface area contributed by atoms with Gasteiger partial charge >= 0.3 is 0 Å². The molecule has 2 amide bonds. The summed E-state index contributed by atoms with van der Waals surface area (Å²) in [6, 6.07) is 5.65. The van der Waals surface area contributed by atoms with Crippen molar-refractivity contribution in [3.8, 4) is 0 Å². The molecule has 1 N–H and O–H groups in total. The molecular formula is C20H27BrN4O2. The number of anilines is 1. The van der Waals surface area contributed by atoms with Crippen LogP contribution in [0.15, 0.2) is 22.7 Å². The number of hydrogen-bond donors (Lipinski definition) is 1. The van der Waals surface area contributed by atoms with Crippen molar-refractivity contribution in [2.45, 2.75) is 34.1 Å². The molecular weight excluding hydrogens is 408 g/mol. The zero-order valence-corrected chi connectivity index (χ0v) is 18.3. The predicted molar refractivity (Wildman–Crippen MR) is 111 cm³/mol. The van der Waals surface area contributed by atoms with Gasteiger partial charge in [0.25, 0.3) is 0 Å². The van der Waals surface area contributed by atoms with E-state index in [1.807, 2.05) is 57.6 Å². The molecule has 146 valence electrons. The summed E-state index contributed by atoms with van der Waals surface area (Å²) in [4.78, 5) is 26.5. The van der Waals surface area contributed by atoms with Gasteiger partial charge < -0.3 is 10.2 Å². The molecule has 1 unspecified atom stereocenters. The Morgan fingerprint density at radius 1 is 1.30 bits per heavy atom. The van der Waals surface area contributed by atoms with Crippen LogP contribution < -0.4 is 5.32 Å². The lowest BCUT2D eigenvalue weighted by Gasteiger charge is -2.21. The Kier molecular flexibility index (Phi) is 6.81. The van der Waals surface area contributed by atoms with Gasteiger partial charge in [-0.15, -0.1) is 0 Å².